The summed E-state index contributed by atoms with van der Waals surface area (Å²) in [5, 5.41) is 4.04. The summed E-state index contributed by atoms with van der Waals surface area (Å²) < 4.78 is 4.58. The number of hydrogen-bond donors (Lipinski definition) is 0. The van der Waals surface area contributed by atoms with E-state index in [1.807, 2.05) is 0 Å². The van der Waals surface area contributed by atoms with Crippen molar-refractivity contribution >= 4 is 23.1 Å². The first-order valence-electron chi connectivity index (χ1n) is 5.13. The molecule has 1 aliphatic heterocycles. The monoisotopic (exact) mass is 246 g/mol. The molecular formula is C9H15ClN4S. The van der Waals surface area contributed by atoms with Crippen molar-refractivity contribution in [3.8, 4) is 0 Å². The van der Waals surface area contributed by atoms with Gasteiger partial charge in [-0.25, -0.2) is 0 Å². The van der Waals surface area contributed by atoms with Crippen molar-refractivity contribution < 1.29 is 0 Å². The molecule has 1 aromatic rings. The molecule has 0 spiro atoms. The summed E-state index contributed by atoms with van der Waals surface area (Å²) in [4.78, 5) is 4.76. The van der Waals surface area contributed by atoms with Crippen LogP contribution in [0.2, 0.25) is 4.34 Å². The van der Waals surface area contributed by atoms with Crippen LogP contribution in [0.15, 0.2) is 0 Å². The van der Waals surface area contributed by atoms with Crippen LogP contribution in [0.25, 0.3) is 0 Å². The zero-order valence-corrected chi connectivity index (χ0v) is 10.4. The highest BCUT2D eigenvalue weighted by Crippen LogP contribution is 2.19. The molecule has 1 fully saturated rings. The van der Waals surface area contributed by atoms with Gasteiger partial charge in [0.15, 0.2) is 0 Å². The third-order valence-corrected chi connectivity index (χ3v) is 3.68. The van der Waals surface area contributed by atoms with Crippen LogP contribution in [-0.4, -0.2) is 52.6 Å². The quantitative estimate of drug-likeness (QED) is 0.788. The van der Waals surface area contributed by atoms with Gasteiger partial charge in [-0.2, -0.15) is 0 Å². The van der Waals surface area contributed by atoms with E-state index in [0.717, 1.165) is 36.2 Å². The Morgan fingerprint density at radius 2 is 2.20 bits per heavy atom. The largest absolute Gasteiger partial charge is 0.305 e. The summed E-state index contributed by atoms with van der Waals surface area (Å²) in [5.41, 5.74) is 0.922. The Hall–Kier alpha value is -0.230. The van der Waals surface area contributed by atoms with Gasteiger partial charge in [-0.1, -0.05) is 16.1 Å². The van der Waals surface area contributed by atoms with Crippen LogP contribution >= 0.6 is 23.1 Å². The molecule has 1 aliphatic rings. The van der Waals surface area contributed by atoms with Crippen LogP contribution in [0.1, 0.15) is 12.1 Å². The molecule has 1 aromatic heterocycles. The number of halogens is 1. The Balaban J connectivity index is 1.92. The van der Waals surface area contributed by atoms with Gasteiger partial charge in [0.05, 0.1) is 0 Å². The van der Waals surface area contributed by atoms with E-state index in [1.165, 1.54) is 24.5 Å². The maximum absolute atomic E-state index is 5.98. The molecule has 6 heteroatoms. The lowest BCUT2D eigenvalue weighted by Gasteiger charge is -2.18. The second kappa shape index (κ2) is 5.21. The van der Waals surface area contributed by atoms with Gasteiger partial charge in [-0.3, -0.25) is 4.90 Å². The van der Waals surface area contributed by atoms with Gasteiger partial charge in [0.25, 0.3) is 0 Å². The van der Waals surface area contributed by atoms with Gasteiger partial charge in [0, 0.05) is 31.2 Å². The summed E-state index contributed by atoms with van der Waals surface area (Å²) in [6, 6.07) is 0. The molecular weight excluding hydrogens is 232 g/mol. The van der Waals surface area contributed by atoms with Gasteiger partial charge in [-0.05, 0) is 26.6 Å². The third kappa shape index (κ3) is 3.11. The molecule has 0 unspecified atom stereocenters. The maximum Gasteiger partial charge on any atom is 0.138 e. The molecule has 15 heavy (non-hydrogen) atoms. The van der Waals surface area contributed by atoms with Gasteiger partial charge in [0.1, 0.15) is 10.0 Å². The SMILES string of the molecule is CN1CCCN(Cc2nnsc2Cl)CC1. The minimum atomic E-state index is 0.729. The molecule has 0 N–H and O–H groups in total. The Labute approximate surface area is 99.0 Å². The standard InChI is InChI=1S/C9H15ClN4S/c1-13-3-2-4-14(6-5-13)7-8-9(10)15-12-11-8/h2-7H2,1H3. The second-order valence-corrected chi connectivity index (χ2v) is 5.28. The third-order valence-electron chi connectivity index (χ3n) is 2.69. The van der Waals surface area contributed by atoms with Crippen molar-refractivity contribution in [1.29, 1.82) is 0 Å². The van der Waals surface area contributed by atoms with Crippen LogP contribution < -0.4 is 0 Å². The Kier molecular flexibility index (Phi) is 3.91. The zero-order chi connectivity index (χ0) is 10.7. The molecule has 0 radical (unpaired) electrons. The molecule has 0 amide bonds. The van der Waals surface area contributed by atoms with Crippen LogP contribution in [-0.2, 0) is 6.54 Å². The number of likely N-dealkylation sites (N-methyl/N-ethyl adjacent to an activating group) is 1. The van der Waals surface area contributed by atoms with Crippen LogP contribution in [0.4, 0.5) is 0 Å². The predicted molar refractivity (Wildman–Crippen MR) is 62.3 cm³/mol. The zero-order valence-electron chi connectivity index (χ0n) is 8.82. The fourth-order valence-electron chi connectivity index (χ4n) is 1.76. The van der Waals surface area contributed by atoms with E-state index in [9.17, 15) is 0 Å². The average Bonchev–Trinajstić information content (AvgIpc) is 2.48. The molecule has 2 rings (SSSR count). The van der Waals surface area contributed by atoms with Gasteiger partial charge in [-0.15, -0.1) is 5.10 Å². The van der Waals surface area contributed by atoms with Crippen molar-refractivity contribution in [2.45, 2.75) is 13.0 Å². The number of rotatable bonds is 2. The lowest BCUT2D eigenvalue weighted by atomic mass is 10.3. The second-order valence-electron chi connectivity index (χ2n) is 3.93. The first kappa shape index (κ1) is 11.3. The summed E-state index contributed by atoms with van der Waals surface area (Å²) >= 11 is 7.25. The highest BCUT2D eigenvalue weighted by atomic mass is 35.5. The molecule has 1 saturated heterocycles. The predicted octanol–water partition coefficient (Wildman–Crippen LogP) is 1.33. The normalized spacial score (nSPS) is 20.4. The molecule has 0 atom stereocenters. The van der Waals surface area contributed by atoms with Crippen molar-refractivity contribution in [3.63, 3.8) is 0 Å². The van der Waals surface area contributed by atoms with Crippen LogP contribution in [0.5, 0.6) is 0 Å². The summed E-state index contributed by atoms with van der Waals surface area (Å²) in [5.74, 6) is 0. The molecule has 0 aromatic carbocycles. The average molecular weight is 247 g/mol. The van der Waals surface area contributed by atoms with Crippen LogP contribution in [0.3, 0.4) is 0 Å². The lowest BCUT2D eigenvalue weighted by Crippen LogP contribution is -2.28. The fraction of sp³-hybridized carbons (Fsp3) is 0.778. The number of nitrogens with zero attached hydrogens (tertiary/aromatic N) is 4. The van der Waals surface area contributed by atoms with E-state index in [-0.39, 0.29) is 0 Å². The number of hydrogen-bond acceptors (Lipinski definition) is 5. The number of aromatic nitrogens is 2. The summed E-state index contributed by atoms with van der Waals surface area (Å²) in [7, 11) is 2.17. The highest BCUT2D eigenvalue weighted by molar-refractivity contribution is 7.10. The smallest absolute Gasteiger partial charge is 0.138 e. The summed E-state index contributed by atoms with van der Waals surface area (Å²) in [6.45, 7) is 5.35. The van der Waals surface area contributed by atoms with E-state index in [0.29, 0.717) is 0 Å². The van der Waals surface area contributed by atoms with E-state index in [1.54, 1.807) is 0 Å². The first-order valence-corrected chi connectivity index (χ1v) is 6.28. The van der Waals surface area contributed by atoms with Crippen molar-refractivity contribution in [1.82, 2.24) is 19.4 Å². The van der Waals surface area contributed by atoms with E-state index < -0.39 is 0 Å². The highest BCUT2D eigenvalue weighted by Gasteiger charge is 2.15. The van der Waals surface area contributed by atoms with Gasteiger partial charge in [0.2, 0.25) is 0 Å². The minimum absolute atomic E-state index is 0.729. The van der Waals surface area contributed by atoms with Crippen LogP contribution in [0, 0.1) is 0 Å². The molecule has 0 saturated carbocycles. The Bertz CT molecular complexity index is 317. The van der Waals surface area contributed by atoms with E-state index in [4.69, 9.17) is 11.6 Å². The first-order chi connectivity index (χ1) is 7.25. The van der Waals surface area contributed by atoms with Gasteiger partial charge >= 0.3 is 0 Å². The van der Waals surface area contributed by atoms with Gasteiger partial charge < -0.3 is 4.90 Å². The van der Waals surface area contributed by atoms with Crippen molar-refractivity contribution in [2.24, 2.45) is 0 Å². The molecule has 0 bridgehead atoms. The Morgan fingerprint density at radius 1 is 1.33 bits per heavy atom. The Morgan fingerprint density at radius 3 is 2.93 bits per heavy atom. The van der Waals surface area contributed by atoms with Crippen molar-refractivity contribution in [2.75, 3.05) is 33.2 Å². The maximum atomic E-state index is 5.98. The molecule has 2 heterocycles. The molecule has 4 nitrogen and oxygen atoms in total. The van der Waals surface area contributed by atoms with E-state index in [2.05, 4.69) is 26.4 Å². The minimum Gasteiger partial charge on any atom is -0.305 e. The van der Waals surface area contributed by atoms with Crippen molar-refractivity contribution in [3.05, 3.63) is 10.0 Å². The lowest BCUT2D eigenvalue weighted by molar-refractivity contribution is 0.266. The fourth-order valence-corrected chi connectivity index (χ4v) is 2.37. The topological polar surface area (TPSA) is 32.3 Å². The molecule has 0 aliphatic carbocycles. The molecule has 84 valence electrons. The summed E-state index contributed by atoms with van der Waals surface area (Å²) in [6.07, 6.45) is 1.21. The van der Waals surface area contributed by atoms with E-state index >= 15 is 0 Å².